The lowest BCUT2D eigenvalue weighted by molar-refractivity contribution is 0.726. The van der Waals surface area contributed by atoms with Crippen molar-refractivity contribution in [3.05, 3.63) is 46.5 Å². The summed E-state index contributed by atoms with van der Waals surface area (Å²) in [7, 11) is 2.14. The van der Waals surface area contributed by atoms with Crippen molar-refractivity contribution in [2.45, 2.75) is 38.8 Å². The summed E-state index contributed by atoms with van der Waals surface area (Å²) in [6.45, 7) is 5.04. The van der Waals surface area contributed by atoms with Gasteiger partial charge >= 0.3 is 0 Å². The molecular formula is C17H23N3S. The van der Waals surface area contributed by atoms with Crippen LogP contribution in [0.5, 0.6) is 0 Å². The molecule has 3 rings (SSSR count). The highest BCUT2D eigenvalue weighted by Crippen LogP contribution is 2.44. The Hall–Kier alpha value is -1.39. The Kier molecular flexibility index (Phi) is 4.56. The van der Waals surface area contributed by atoms with Gasteiger partial charge in [0.2, 0.25) is 0 Å². The fourth-order valence-electron chi connectivity index (χ4n) is 2.48. The van der Waals surface area contributed by atoms with E-state index in [0.717, 1.165) is 24.8 Å². The van der Waals surface area contributed by atoms with Crippen molar-refractivity contribution in [2.75, 3.05) is 18.5 Å². The number of aromatic nitrogens is 1. The number of thiazole rings is 1. The molecule has 0 bridgehead atoms. The van der Waals surface area contributed by atoms with Crippen molar-refractivity contribution in [1.82, 2.24) is 10.3 Å². The molecule has 1 aliphatic rings. The first kappa shape index (κ1) is 14.5. The number of benzene rings is 1. The first-order valence-electron chi connectivity index (χ1n) is 7.73. The monoisotopic (exact) mass is 301 g/mol. The lowest BCUT2D eigenvalue weighted by atomic mass is 10.2. The van der Waals surface area contributed by atoms with Gasteiger partial charge in [-0.1, -0.05) is 37.3 Å². The molecule has 4 heteroatoms. The van der Waals surface area contributed by atoms with Crippen LogP contribution in [0.15, 0.2) is 30.3 Å². The summed E-state index contributed by atoms with van der Waals surface area (Å²) >= 11 is 1.85. The molecule has 0 radical (unpaired) electrons. The van der Waals surface area contributed by atoms with Crippen molar-refractivity contribution < 1.29 is 0 Å². The summed E-state index contributed by atoms with van der Waals surface area (Å²) in [6.07, 6.45) is 2.62. The molecule has 1 aromatic heterocycles. The maximum atomic E-state index is 4.93. The fourth-order valence-corrected chi connectivity index (χ4v) is 3.56. The third-order valence-corrected chi connectivity index (χ3v) is 4.99. The molecule has 112 valence electrons. The molecule has 0 amide bonds. The average Bonchev–Trinajstić information content (AvgIpc) is 3.26. The lowest BCUT2D eigenvalue weighted by Crippen LogP contribution is -2.15. The molecule has 0 unspecified atom stereocenters. The topological polar surface area (TPSA) is 28.2 Å². The van der Waals surface area contributed by atoms with E-state index in [-0.39, 0.29) is 0 Å². The molecule has 1 aromatic carbocycles. The van der Waals surface area contributed by atoms with Crippen molar-refractivity contribution in [1.29, 1.82) is 0 Å². The van der Waals surface area contributed by atoms with Crippen LogP contribution in [0.25, 0.3) is 0 Å². The zero-order valence-electron chi connectivity index (χ0n) is 12.8. The first-order valence-corrected chi connectivity index (χ1v) is 8.55. The Morgan fingerprint density at radius 3 is 2.71 bits per heavy atom. The number of hydrogen-bond donors (Lipinski definition) is 1. The summed E-state index contributed by atoms with van der Waals surface area (Å²) < 4.78 is 0. The van der Waals surface area contributed by atoms with Gasteiger partial charge in [0.15, 0.2) is 5.13 Å². The Morgan fingerprint density at radius 2 is 2.05 bits per heavy atom. The molecule has 1 saturated carbocycles. The van der Waals surface area contributed by atoms with Crippen LogP contribution in [0, 0.1) is 0 Å². The van der Waals surface area contributed by atoms with Crippen LogP contribution in [0.1, 0.15) is 41.8 Å². The summed E-state index contributed by atoms with van der Waals surface area (Å²) in [5.74, 6) is 0.716. The number of anilines is 1. The van der Waals surface area contributed by atoms with Crippen molar-refractivity contribution >= 4 is 16.5 Å². The summed E-state index contributed by atoms with van der Waals surface area (Å²) in [4.78, 5) is 8.62. The van der Waals surface area contributed by atoms with E-state index in [1.165, 1.54) is 29.0 Å². The molecule has 21 heavy (non-hydrogen) atoms. The van der Waals surface area contributed by atoms with E-state index in [2.05, 4.69) is 54.5 Å². The molecule has 0 spiro atoms. The van der Waals surface area contributed by atoms with Gasteiger partial charge in [0.05, 0.1) is 5.69 Å². The van der Waals surface area contributed by atoms with Crippen LogP contribution in [0.3, 0.4) is 0 Å². The average molecular weight is 301 g/mol. The van der Waals surface area contributed by atoms with Crippen LogP contribution >= 0.6 is 11.3 Å². The number of rotatable bonds is 7. The first-order chi connectivity index (χ1) is 10.3. The SMILES string of the molecule is CCNCc1sc(N(C)Cc2ccccc2)nc1C1CC1. The Balaban J connectivity index is 1.74. The van der Waals surface area contributed by atoms with E-state index in [1.54, 1.807) is 0 Å². The van der Waals surface area contributed by atoms with Crippen LogP contribution in [0.2, 0.25) is 0 Å². The van der Waals surface area contributed by atoms with Gasteiger partial charge in [-0.25, -0.2) is 4.98 Å². The van der Waals surface area contributed by atoms with Gasteiger partial charge in [0.1, 0.15) is 0 Å². The molecular weight excluding hydrogens is 278 g/mol. The maximum Gasteiger partial charge on any atom is 0.185 e. The van der Waals surface area contributed by atoms with Gasteiger partial charge in [-0.2, -0.15) is 0 Å². The van der Waals surface area contributed by atoms with Crippen molar-refractivity contribution in [2.24, 2.45) is 0 Å². The molecule has 0 saturated heterocycles. The summed E-state index contributed by atoms with van der Waals surface area (Å²) in [6, 6.07) is 10.6. The highest BCUT2D eigenvalue weighted by atomic mass is 32.1. The molecule has 0 atom stereocenters. The quantitative estimate of drug-likeness (QED) is 0.844. The fraction of sp³-hybridized carbons (Fsp3) is 0.471. The highest BCUT2D eigenvalue weighted by molar-refractivity contribution is 7.15. The predicted molar refractivity (Wildman–Crippen MR) is 90.0 cm³/mol. The highest BCUT2D eigenvalue weighted by Gasteiger charge is 2.30. The molecule has 1 aliphatic carbocycles. The van der Waals surface area contributed by atoms with Gasteiger partial charge < -0.3 is 10.2 Å². The third kappa shape index (κ3) is 3.63. The minimum Gasteiger partial charge on any atom is -0.347 e. The van der Waals surface area contributed by atoms with Gasteiger partial charge in [-0.05, 0) is 24.9 Å². The number of hydrogen-bond acceptors (Lipinski definition) is 4. The molecule has 2 aromatic rings. The van der Waals surface area contributed by atoms with E-state index >= 15 is 0 Å². The molecule has 1 N–H and O–H groups in total. The largest absolute Gasteiger partial charge is 0.347 e. The van der Waals surface area contributed by atoms with Crippen molar-refractivity contribution in [3.63, 3.8) is 0 Å². The zero-order valence-corrected chi connectivity index (χ0v) is 13.6. The van der Waals surface area contributed by atoms with Crippen LogP contribution in [0.4, 0.5) is 5.13 Å². The second-order valence-corrected chi connectivity index (χ2v) is 6.76. The molecule has 1 fully saturated rings. The Morgan fingerprint density at radius 1 is 1.29 bits per heavy atom. The smallest absolute Gasteiger partial charge is 0.185 e. The number of nitrogens with one attached hydrogen (secondary N) is 1. The van der Waals surface area contributed by atoms with Gasteiger partial charge in [0, 0.05) is 30.9 Å². The van der Waals surface area contributed by atoms with E-state index in [9.17, 15) is 0 Å². The van der Waals surface area contributed by atoms with Gasteiger partial charge in [-0.15, -0.1) is 11.3 Å². The van der Waals surface area contributed by atoms with Crippen LogP contribution in [-0.2, 0) is 13.1 Å². The summed E-state index contributed by atoms with van der Waals surface area (Å²) in [5, 5.41) is 4.59. The van der Waals surface area contributed by atoms with Crippen molar-refractivity contribution in [3.8, 4) is 0 Å². The predicted octanol–water partition coefficient (Wildman–Crippen LogP) is 3.77. The molecule has 0 aliphatic heterocycles. The van der Waals surface area contributed by atoms with E-state index < -0.39 is 0 Å². The standard InChI is InChI=1S/C17H23N3S/c1-3-18-11-15-16(14-9-10-14)19-17(21-15)20(2)12-13-7-5-4-6-8-13/h4-8,14,18H,3,9-12H2,1-2H3. The van der Waals surface area contributed by atoms with Crippen LogP contribution < -0.4 is 10.2 Å². The zero-order chi connectivity index (χ0) is 14.7. The Labute approximate surface area is 131 Å². The number of nitrogens with zero attached hydrogens (tertiary/aromatic N) is 2. The van der Waals surface area contributed by atoms with E-state index in [1.807, 2.05) is 11.3 Å². The minimum atomic E-state index is 0.716. The van der Waals surface area contributed by atoms with E-state index in [4.69, 9.17) is 4.98 Å². The van der Waals surface area contributed by atoms with Gasteiger partial charge in [-0.3, -0.25) is 0 Å². The molecule has 3 nitrogen and oxygen atoms in total. The minimum absolute atomic E-state index is 0.716. The lowest BCUT2D eigenvalue weighted by Gasteiger charge is -2.15. The maximum absolute atomic E-state index is 4.93. The third-order valence-electron chi connectivity index (χ3n) is 3.80. The second kappa shape index (κ2) is 6.58. The van der Waals surface area contributed by atoms with Gasteiger partial charge in [0.25, 0.3) is 0 Å². The normalized spacial score (nSPS) is 14.4. The van der Waals surface area contributed by atoms with E-state index in [0.29, 0.717) is 5.92 Å². The molecule has 1 heterocycles. The summed E-state index contributed by atoms with van der Waals surface area (Å²) in [5.41, 5.74) is 2.67. The Bertz CT molecular complexity index is 575. The second-order valence-electron chi connectivity index (χ2n) is 5.70. The van der Waals surface area contributed by atoms with Crippen LogP contribution in [-0.4, -0.2) is 18.6 Å².